The van der Waals surface area contributed by atoms with Gasteiger partial charge in [0.25, 0.3) is 0 Å². The molecule has 2 unspecified atom stereocenters. The number of hydrogen-bond acceptors (Lipinski definition) is 13. The third-order valence-electron chi connectivity index (χ3n) is 16.4. The van der Waals surface area contributed by atoms with Crippen molar-refractivity contribution in [3.63, 3.8) is 0 Å². The van der Waals surface area contributed by atoms with Gasteiger partial charge in [-0.25, -0.2) is 13.3 Å². The molecule has 96 heavy (non-hydrogen) atoms. The number of amides is 1. The molecule has 1 aliphatic heterocycles. The Morgan fingerprint density at radius 1 is 0.604 bits per heavy atom. The molecule has 538 valence electrons. The first-order valence-electron chi connectivity index (χ1n) is 36.2. The van der Waals surface area contributed by atoms with Crippen molar-refractivity contribution < 1.29 is 65.5 Å². The van der Waals surface area contributed by atoms with Gasteiger partial charge >= 0.3 is 19.8 Å². The summed E-state index contributed by atoms with van der Waals surface area (Å²) in [4.78, 5) is 69.6. The van der Waals surface area contributed by atoms with E-state index in [1.54, 1.807) is 26.0 Å². The smallest absolute Gasteiger partial charge is 0.472 e. The van der Waals surface area contributed by atoms with Gasteiger partial charge in [-0.2, -0.15) is 0 Å². The molecule has 4 rings (SSSR count). The van der Waals surface area contributed by atoms with Crippen LogP contribution < -0.4 is 21.4 Å². The first-order chi connectivity index (χ1) is 46.4. The summed E-state index contributed by atoms with van der Waals surface area (Å²) in [6, 6.07) is 9.73. The summed E-state index contributed by atoms with van der Waals surface area (Å²) >= 11 is 5.46. The molecular weight excluding hydrogens is 1260 g/mol. The number of aromatic hydroxyl groups is 1. The number of allylic oxidation sites excluding steroid dienone is 4. The Hall–Kier alpha value is -5.85. The number of ketones is 1. The highest BCUT2D eigenvalue weighted by Gasteiger charge is 2.23. The highest BCUT2D eigenvalue weighted by atomic mass is 32.1. The molecule has 0 fully saturated rings. The number of esters is 2. The number of ether oxygens (including phenoxy) is 2. The van der Waals surface area contributed by atoms with Crippen LogP contribution in [0.4, 0.5) is 14.5 Å². The van der Waals surface area contributed by atoms with Gasteiger partial charge in [0.2, 0.25) is 11.3 Å². The summed E-state index contributed by atoms with van der Waals surface area (Å²) in [7, 11) is -4.04. The second-order valence-corrected chi connectivity index (χ2v) is 27.0. The van der Waals surface area contributed by atoms with Crippen LogP contribution in [-0.4, -0.2) is 77.8 Å². The first-order valence-corrected chi connectivity index (χ1v) is 38.1. The predicted molar refractivity (Wildman–Crippen MR) is 387 cm³/mol. The number of phenolic OH excluding ortho intramolecular Hbond substituents is 1. The number of phosphoric acid groups is 1. The fourth-order valence-corrected chi connectivity index (χ4v) is 12.0. The third kappa shape index (κ3) is 38.9. The molecule has 5 N–H and O–H groups in total. The highest BCUT2D eigenvalue weighted by Crippen LogP contribution is 2.44. The maximum absolute atomic E-state index is 14.5. The molecule has 0 saturated carbocycles. The number of phosphoric ester groups is 1. The van der Waals surface area contributed by atoms with Gasteiger partial charge in [-0.05, 0) is 171 Å². The van der Waals surface area contributed by atoms with E-state index in [1.165, 1.54) is 141 Å². The highest BCUT2D eigenvalue weighted by molar-refractivity contribution is 7.80. The fourth-order valence-electron chi connectivity index (χ4n) is 11.0. The lowest BCUT2D eigenvalue weighted by Crippen LogP contribution is -2.29. The summed E-state index contributed by atoms with van der Waals surface area (Å²) in [6.07, 6.45) is 47.1. The zero-order chi connectivity index (χ0) is 70.0. The lowest BCUT2D eigenvalue weighted by molar-refractivity contribution is -0.158. The van der Waals surface area contributed by atoms with Crippen molar-refractivity contribution in [3.05, 3.63) is 94.2 Å². The maximum Gasteiger partial charge on any atom is 0.472 e. The van der Waals surface area contributed by atoms with Crippen LogP contribution in [0.2, 0.25) is 0 Å². The van der Waals surface area contributed by atoms with Crippen molar-refractivity contribution >= 4 is 65.4 Å². The molecule has 20 heteroatoms. The lowest BCUT2D eigenvalue weighted by Gasteiger charge is -2.18. The Labute approximate surface area is 577 Å². The number of Topliss-reactive ketones (excluding diaryl/α,β-unsaturated/α-hetero) is 1. The number of carbonyl (C=O) groups is 4. The van der Waals surface area contributed by atoms with Crippen LogP contribution in [0, 0.1) is 18.6 Å². The number of hydrogen-bond donors (Lipinski definition) is 5. The van der Waals surface area contributed by atoms with Crippen LogP contribution in [0.1, 0.15) is 271 Å². The number of fused-ring (bicyclic) bond motifs is 2. The maximum atomic E-state index is 14.5. The summed E-state index contributed by atoms with van der Waals surface area (Å²) < 4.78 is 66.2. The van der Waals surface area contributed by atoms with Crippen molar-refractivity contribution in [2.24, 2.45) is 0 Å². The Balaban J connectivity index is 0.000000513. The van der Waals surface area contributed by atoms with E-state index in [-0.39, 0.29) is 72.9 Å². The molecule has 1 amide bonds. The molecule has 1 heterocycles. The zero-order valence-electron chi connectivity index (χ0n) is 58.6. The van der Waals surface area contributed by atoms with Crippen molar-refractivity contribution in [2.75, 3.05) is 38.2 Å². The zero-order valence-corrected chi connectivity index (χ0v) is 60.3. The predicted octanol–water partition coefficient (Wildman–Crippen LogP) is 20.0. The molecule has 0 radical (unpaired) electrons. The number of carbonyl (C=O) groups excluding carboxylic acids is 4. The van der Waals surface area contributed by atoms with Crippen molar-refractivity contribution in [1.82, 2.24) is 10.6 Å². The van der Waals surface area contributed by atoms with Gasteiger partial charge in [0, 0.05) is 79.5 Å². The van der Waals surface area contributed by atoms with E-state index in [4.69, 9.17) is 30.6 Å². The Morgan fingerprint density at radius 2 is 1.12 bits per heavy atom. The average molecular weight is 1380 g/mol. The number of rotatable bonds is 53. The molecule has 0 saturated heterocycles. The largest absolute Gasteiger partial charge is 0.505 e. The number of nitrogens with one attached hydrogen (secondary N) is 3. The Morgan fingerprint density at radius 3 is 1.71 bits per heavy atom. The van der Waals surface area contributed by atoms with Crippen LogP contribution in [-0.2, 0) is 42.3 Å². The monoisotopic (exact) mass is 1380 g/mol. The Kier molecular flexibility index (Phi) is 45.9. The Bertz CT molecular complexity index is 3010. The summed E-state index contributed by atoms with van der Waals surface area (Å²) in [5, 5.41) is 19.8. The van der Waals surface area contributed by atoms with Gasteiger partial charge < -0.3 is 39.8 Å². The van der Waals surface area contributed by atoms with E-state index in [0.29, 0.717) is 85.3 Å². The molecule has 0 aromatic heterocycles. The minimum Gasteiger partial charge on any atom is -0.505 e. The molecule has 2 aromatic rings. The SMILES string of the molecule is CCCCCCCC/C=C\CCCCCCCC(=O)OCC(C)OC(=O)CCCCCCC/C=C\CCCCCCCC.CCOP(=O)(O)OCCCC(=O)CCCCC(=O)NCCCCCNC(=S)Nc1ccc(-c2c3cc(F)c(=O)cc-3oc3cc(O)c(F)cc23)c(C)c1. The number of aryl methyl sites for hydroxylation is 1. The number of halogens is 2. The van der Waals surface area contributed by atoms with Gasteiger partial charge in [-0.15, -0.1) is 0 Å². The van der Waals surface area contributed by atoms with Crippen molar-refractivity contribution in [2.45, 2.75) is 278 Å². The normalized spacial score (nSPS) is 12.4. The number of unbranched alkanes of at least 4 members (excludes halogenated alkanes) is 25. The second kappa shape index (κ2) is 52.2. The first kappa shape index (κ1) is 84.4. The van der Waals surface area contributed by atoms with E-state index < -0.39 is 30.6 Å². The average Bonchev–Trinajstić information content (AvgIpc) is 0.747. The van der Waals surface area contributed by atoms with Crippen molar-refractivity contribution in [3.8, 4) is 28.2 Å². The molecule has 0 bridgehead atoms. The van der Waals surface area contributed by atoms with Crippen LogP contribution in [0.15, 0.2) is 76.0 Å². The fraction of sp³-hybridized carbons (Fsp3) is 0.632. The molecule has 2 aliphatic rings. The molecule has 0 spiro atoms. The van der Waals surface area contributed by atoms with Gasteiger partial charge in [-0.1, -0.05) is 147 Å². The molecule has 1 aliphatic carbocycles. The third-order valence-corrected chi connectivity index (χ3v) is 17.7. The topological polar surface area (TPSA) is 229 Å². The number of phenols is 1. The summed E-state index contributed by atoms with van der Waals surface area (Å²) in [5.41, 5.74) is 2.09. The van der Waals surface area contributed by atoms with E-state index in [2.05, 4.69) is 58.6 Å². The lowest BCUT2D eigenvalue weighted by atomic mass is 9.91. The van der Waals surface area contributed by atoms with E-state index in [1.807, 2.05) is 13.0 Å². The summed E-state index contributed by atoms with van der Waals surface area (Å²) in [6.45, 7) is 11.1. The van der Waals surface area contributed by atoms with Crippen LogP contribution in [0.3, 0.4) is 0 Å². The van der Waals surface area contributed by atoms with Crippen LogP contribution in [0.5, 0.6) is 5.75 Å². The van der Waals surface area contributed by atoms with E-state index >= 15 is 0 Å². The van der Waals surface area contributed by atoms with Gasteiger partial charge in [0.15, 0.2) is 22.5 Å². The minimum atomic E-state index is -4.04. The van der Waals surface area contributed by atoms with E-state index in [9.17, 15) is 47.3 Å². The number of anilines is 1. The van der Waals surface area contributed by atoms with Gasteiger partial charge in [0.05, 0.1) is 13.2 Å². The van der Waals surface area contributed by atoms with Gasteiger partial charge in [0.1, 0.15) is 29.8 Å². The van der Waals surface area contributed by atoms with Gasteiger partial charge in [-0.3, -0.25) is 33.0 Å². The quantitative estimate of drug-likeness (QED) is 0.00691. The molecule has 2 atom stereocenters. The molecule has 2 aromatic carbocycles. The van der Waals surface area contributed by atoms with Crippen LogP contribution in [0.25, 0.3) is 33.4 Å². The van der Waals surface area contributed by atoms with Crippen molar-refractivity contribution in [1.29, 1.82) is 0 Å². The molecular formula is C76H116F2N3O13PS. The number of benzene rings is 3. The second-order valence-electron chi connectivity index (χ2n) is 25.1. The van der Waals surface area contributed by atoms with Crippen LogP contribution >= 0.6 is 20.0 Å². The molecule has 16 nitrogen and oxygen atoms in total. The summed E-state index contributed by atoms with van der Waals surface area (Å²) in [5.74, 6) is -2.78. The van der Waals surface area contributed by atoms with E-state index in [0.717, 1.165) is 74.8 Å². The number of thiocarbonyl (C=S) groups is 1. The minimum absolute atomic E-state index is 0.0133. The standard InChI is InChI=1S/C39H72O4.C37H44F2N3O9PS/c1-4-6-8-10-12-14-16-18-20-22-24-26-28-30-32-34-38(40)42-36-37(3)43-39(41)35-33-31-29-27-25-23-21-19-17-15-13-11-9-7-5-2;1-3-49-52(47,48)50-17-9-11-25(43)10-5-6-12-35(46)40-15-7-4-8-16-41-37(53)42-24-13-14-26(23(2)18-24)36-27-19-29(38)31(44)21-33(27)51-34-22-32(45)30(39)20-28(34)36/h18-21,37H,4-17,22-36H2,1-3H3;13-14,18-22,44H,3-12,15-17H2,1-2H3,(H,40,46)(H,47,48)(H2,41,42,53)/b20-18-,21-19-;.